The molecule has 4 nitrogen and oxygen atoms in total. The lowest BCUT2D eigenvalue weighted by atomic mass is 10.2. The number of amides is 1. The van der Waals surface area contributed by atoms with Crippen LogP contribution in [0.25, 0.3) is 0 Å². The van der Waals surface area contributed by atoms with Crippen LogP contribution in [0.1, 0.15) is 10.4 Å². The highest BCUT2D eigenvalue weighted by Crippen LogP contribution is 1.97. The Balaban J connectivity index is 2.39. The zero-order valence-corrected chi connectivity index (χ0v) is 9.68. The average molecular weight is 238 g/mol. The van der Waals surface area contributed by atoms with Crippen molar-refractivity contribution in [1.82, 2.24) is 10.3 Å². The molecule has 0 unspecified atom stereocenters. The summed E-state index contributed by atoms with van der Waals surface area (Å²) in [7, 11) is 0. The van der Waals surface area contributed by atoms with Gasteiger partial charge in [-0.2, -0.15) is 11.8 Å². The maximum atomic E-state index is 11.5. The lowest BCUT2D eigenvalue weighted by molar-refractivity contribution is 0.0955. The van der Waals surface area contributed by atoms with Gasteiger partial charge in [0.25, 0.3) is 5.91 Å². The van der Waals surface area contributed by atoms with Gasteiger partial charge >= 0.3 is 0 Å². The molecule has 0 aliphatic heterocycles. The largest absolute Gasteiger partial charge is 0.367 e. The molecule has 86 valence electrons. The molecule has 0 radical (unpaired) electrons. The van der Waals surface area contributed by atoms with Gasteiger partial charge in [0.05, 0.1) is 0 Å². The van der Waals surface area contributed by atoms with E-state index in [4.69, 9.17) is 0 Å². The van der Waals surface area contributed by atoms with Crippen LogP contribution in [0, 0.1) is 0 Å². The van der Waals surface area contributed by atoms with Crippen LogP contribution < -0.4 is 10.7 Å². The molecule has 0 aromatic carbocycles. The number of carbonyl (C=O) groups excluding carboxylic acids is 1. The van der Waals surface area contributed by atoms with Crippen molar-refractivity contribution in [2.45, 2.75) is 0 Å². The first-order valence-corrected chi connectivity index (χ1v) is 6.05. The van der Waals surface area contributed by atoms with Gasteiger partial charge < -0.3 is 10.3 Å². The molecule has 5 heteroatoms. The van der Waals surface area contributed by atoms with E-state index in [0.29, 0.717) is 6.54 Å². The first kappa shape index (κ1) is 12.6. The number of rotatable bonds is 6. The molecule has 0 bridgehead atoms. The maximum Gasteiger partial charge on any atom is 0.256 e. The third-order valence-electron chi connectivity index (χ3n) is 1.84. The monoisotopic (exact) mass is 238 g/mol. The van der Waals surface area contributed by atoms with Crippen LogP contribution in [0.5, 0.6) is 0 Å². The smallest absolute Gasteiger partial charge is 0.256 e. The standard InChI is InChI=1S/C11H14N2O2S/c1-2-6-16-7-5-13-11(15)9-8-12-4-3-10(9)14/h2-4,8H,1,5-7H2,(H,12,14)(H,13,15). The molecule has 1 heterocycles. The molecule has 2 N–H and O–H groups in total. The van der Waals surface area contributed by atoms with Crippen LogP contribution in [0.4, 0.5) is 0 Å². The van der Waals surface area contributed by atoms with E-state index < -0.39 is 0 Å². The third-order valence-corrected chi connectivity index (χ3v) is 2.80. The number of nitrogens with one attached hydrogen (secondary N) is 2. The van der Waals surface area contributed by atoms with Gasteiger partial charge in [0.1, 0.15) is 5.56 Å². The predicted molar refractivity (Wildman–Crippen MR) is 66.9 cm³/mol. The minimum atomic E-state index is -0.332. The second-order valence-corrected chi connectivity index (χ2v) is 4.19. The van der Waals surface area contributed by atoms with E-state index in [1.54, 1.807) is 11.8 Å². The maximum absolute atomic E-state index is 11.5. The van der Waals surface area contributed by atoms with Crippen LogP contribution in [0.15, 0.2) is 35.9 Å². The van der Waals surface area contributed by atoms with Crippen LogP contribution >= 0.6 is 11.8 Å². The number of aromatic amines is 1. The predicted octanol–water partition coefficient (Wildman–Crippen LogP) is 1.02. The number of H-pyrrole nitrogens is 1. The number of thioether (sulfide) groups is 1. The molecular weight excluding hydrogens is 224 g/mol. The number of hydrogen-bond acceptors (Lipinski definition) is 3. The normalized spacial score (nSPS) is 9.75. The summed E-state index contributed by atoms with van der Waals surface area (Å²) < 4.78 is 0. The Morgan fingerprint density at radius 1 is 1.62 bits per heavy atom. The van der Waals surface area contributed by atoms with Crippen molar-refractivity contribution in [2.75, 3.05) is 18.1 Å². The highest BCUT2D eigenvalue weighted by Gasteiger charge is 2.07. The Bertz CT molecular complexity index is 414. The molecule has 0 saturated carbocycles. The van der Waals surface area contributed by atoms with Crippen molar-refractivity contribution in [2.24, 2.45) is 0 Å². The lowest BCUT2D eigenvalue weighted by Crippen LogP contribution is -2.30. The minimum Gasteiger partial charge on any atom is -0.367 e. The van der Waals surface area contributed by atoms with Gasteiger partial charge in [-0.05, 0) is 0 Å². The highest BCUT2D eigenvalue weighted by atomic mass is 32.2. The van der Waals surface area contributed by atoms with Gasteiger partial charge in [-0.25, -0.2) is 0 Å². The molecule has 1 aromatic heterocycles. The summed E-state index contributed by atoms with van der Waals surface area (Å²) >= 11 is 1.68. The zero-order chi connectivity index (χ0) is 11.8. The molecule has 1 aromatic rings. The summed E-state index contributed by atoms with van der Waals surface area (Å²) in [6.07, 6.45) is 4.72. The zero-order valence-electron chi connectivity index (χ0n) is 8.86. The number of carbonyl (C=O) groups is 1. The van der Waals surface area contributed by atoms with Gasteiger partial charge in [0.2, 0.25) is 0 Å². The molecule has 16 heavy (non-hydrogen) atoms. The molecule has 1 rings (SSSR count). The molecule has 0 atom stereocenters. The average Bonchev–Trinajstić information content (AvgIpc) is 2.29. The fraction of sp³-hybridized carbons (Fsp3) is 0.273. The van der Waals surface area contributed by atoms with Crippen LogP contribution in [-0.2, 0) is 0 Å². The molecule has 0 aliphatic carbocycles. The molecular formula is C11H14N2O2S. The van der Waals surface area contributed by atoms with E-state index in [2.05, 4.69) is 16.9 Å². The van der Waals surface area contributed by atoms with E-state index in [0.717, 1.165) is 11.5 Å². The van der Waals surface area contributed by atoms with Crippen LogP contribution in [-0.4, -0.2) is 28.9 Å². The van der Waals surface area contributed by atoms with E-state index in [1.165, 1.54) is 18.5 Å². The first-order chi connectivity index (χ1) is 7.75. The summed E-state index contributed by atoms with van der Waals surface area (Å²) in [4.78, 5) is 25.5. The van der Waals surface area contributed by atoms with Crippen molar-refractivity contribution in [1.29, 1.82) is 0 Å². The number of aromatic nitrogens is 1. The minimum absolute atomic E-state index is 0.149. The van der Waals surface area contributed by atoms with E-state index in [-0.39, 0.29) is 16.9 Å². The van der Waals surface area contributed by atoms with Crippen molar-refractivity contribution in [3.05, 3.63) is 46.9 Å². The SMILES string of the molecule is C=CCSCCNC(=O)c1c[nH]ccc1=O. The summed E-state index contributed by atoms with van der Waals surface area (Å²) in [6, 6.07) is 1.33. The van der Waals surface area contributed by atoms with Crippen molar-refractivity contribution in [3.8, 4) is 0 Å². The fourth-order valence-electron chi connectivity index (χ4n) is 1.09. The Hall–Kier alpha value is -1.49. The number of pyridine rings is 1. The second kappa shape index (κ2) is 6.90. The van der Waals surface area contributed by atoms with E-state index in [1.807, 2.05) is 6.08 Å². The van der Waals surface area contributed by atoms with Gasteiger partial charge in [0.15, 0.2) is 5.43 Å². The topological polar surface area (TPSA) is 62.0 Å². The highest BCUT2D eigenvalue weighted by molar-refractivity contribution is 7.99. The van der Waals surface area contributed by atoms with Gasteiger partial charge in [-0.1, -0.05) is 6.08 Å². The second-order valence-electron chi connectivity index (χ2n) is 3.04. The summed E-state index contributed by atoms with van der Waals surface area (Å²) in [5, 5.41) is 2.68. The molecule has 1 amide bonds. The first-order valence-electron chi connectivity index (χ1n) is 4.89. The summed E-state index contributed by atoms with van der Waals surface area (Å²) in [6.45, 7) is 4.15. The Morgan fingerprint density at radius 2 is 2.44 bits per heavy atom. The quantitative estimate of drug-likeness (QED) is 0.574. The van der Waals surface area contributed by atoms with Gasteiger partial charge in [-0.3, -0.25) is 9.59 Å². The lowest BCUT2D eigenvalue weighted by Gasteiger charge is -2.03. The fourth-order valence-corrected chi connectivity index (χ4v) is 1.67. The van der Waals surface area contributed by atoms with Crippen molar-refractivity contribution in [3.63, 3.8) is 0 Å². The molecule has 0 aliphatic rings. The van der Waals surface area contributed by atoms with Crippen LogP contribution in [0.3, 0.4) is 0 Å². The van der Waals surface area contributed by atoms with E-state index >= 15 is 0 Å². The summed E-state index contributed by atoms with van der Waals surface area (Å²) in [5.74, 6) is 1.34. The molecule has 0 spiro atoms. The third kappa shape index (κ3) is 3.94. The Labute approximate surface area is 98.1 Å². The van der Waals surface area contributed by atoms with Gasteiger partial charge in [-0.15, -0.1) is 6.58 Å². The Kier molecular flexibility index (Phi) is 5.42. The number of hydrogen-bond donors (Lipinski definition) is 2. The van der Waals surface area contributed by atoms with Crippen LogP contribution in [0.2, 0.25) is 0 Å². The van der Waals surface area contributed by atoms with E-state index in [9.17, 15) is 9.59 Å². The molecule has 0 fully saturated rings. The van der Waals surface area contributed by atoms with Gasteiger partial charge in [0, 0.05) is 36.5 Å². The summed E-state index contributed by atoms with van der Waals surface area (Å²) in [5.41, 5.74) is -0.119. The molecule has 0 saturated heterocycles. The van der Waals surface area contributed by atoms with Crippen molar-refractivity contribution < 1.29 is 4.79 Å². The van der Waals surface area contributed by atoms with Crippen molar-refractivity contribution >= 4 is 17.7 Å². The Morgan fingerprint density at radius 3 is 3.12 bits per heavy atom.